The number of hydrogen-bond donors (Lipinski definition) is 2. The van der Waals surface area contributed by atoms with Gasteiger partial charge in [-0.15, -0.1) is 0 Å². The molecule has 5 nitrogen and oxygen atoms in total. The number of carbonyl (C=O) groups is 1. The number of rotatable bonds is 9. The lowest BCUT2D eigenvalue weighted by Gasteiger charge is -2.35. The summed E-state index contributed by atoms with van der Waals surface area (Å²) in [7, 11) is 0. The fraction of sp³-hybridized carbons (Fsp3) is 0.0938. The molecule has 0 saturated heterocycles. The molecule has 39 heavy (non-hydrogen) atoms. The second kappa shape index (κ2) is 12.6. The summed E-state index contributed by atoms with van der Waals surface area (Å²) in [5, 5.41) is 6.14. The van der Waals surface area contributed by atoms with Crippen molar-refractivity contribution in [2.75, 3.05) is 6.54 Å². The summed E-state index contributed by atoms with van der Waals surface area (Å²) in [6.07, 6.45) is 4.57. The Morgan fingerprint density at radius 1 is 0.769 bits per heavy atom. The molecule has 0 atom stereocenters. The zero-order valence-corrected chi connectivity index (χ0v) is 22.9. The van der Waals surface area contributed by atoms with E-state index in [9.17, 15) is 4.79 Å². The van der Waals surface area contributed by atoms with Crippen molar-refractivity contribution in [1.82, 2.24) is 19.6 Å². The molecule has 0 bridgehead atoms. The number of thiocarbonyl (C=S) groups is 1. The molecule has 1 heterocycles. The van der Waals surface area contributed by atoms with Crippen molar-refractivity contribution in [2.45, 2.75) is 11.2 Å². The maximum absolute atomic E-state index is 12.3. The van der Waals surface area contributed by atoms with Crippen molar-refractivity contribution in [1.29, 1.82) is 0 Å². The Morgan fingerprint density at radius 3 is 1.77 bits per heavy atom. The number of hydrogen-bond acceptors (Lipinski definition) is 4. The molecule has 2 N–H and O–H groups in total. The summed E-state index contributed by atoms with van der Waals surface area (Å²) in [6.45, 7) is 0.552. The van der Waals surface area contributed by atoms with Gasteiger partial charge in [0.15, 0.2) is 5.11 Å². The van der Waals surface area contributed by atoms with Crippen LogP contribution in [-0.2, 0) is 11.2 Å². The van der Waals surface area contributed by atoms with Crippen LogP contribution in [0.3, 0.4) is 0 Å². The van der Waals surface area contributed by atoms with Crippen molar-refractivity contribution in [3.05, 3.63) is 162 Å². The van der Waals surface area contributed by atoms with Crippen LogP contribution in [-0.4, -0.2) is 26.5 Å². The van der Waals surface area contributed by atoms with E-state index >= 15 is 0 Å². The van der Waals surface area contributed by atoms with Gasteiger partial charge in [0.1, 0.15) is 11.1 Å². The van der Waals surface area contributed by atoms with E-state index in [0.717, 1.165) is 5.69 Å². The first-order chi connectivity index (χ1) is 19.1. The minimum atomic E-state index is -0.483. The highest BCUT2D eigenvalue weighted by molar-refractivity contribution is 7.99. The zero-order valence-electron chi connectivity index (χ0n) is 21.2. The van der Waals surface area contributed by atoms with Gasteiger partial charge in [-0.1, -0.05) is 109 Å². The summed E-state index contributed by atoms with van der Waals surface area (Å²) in [4.78, 5) is 17.0. The molecule has 1 amide bonds. The first-order valence-electron chi connectivity index (χ1n) is 12.7. The SMILES string of the molecule is O=C(NC(=S)NCCc1cn(SC(c2ccccc2)(c2ccccc2)c2ccccc2)cn1)c1ccccc1. The smallest absolute Gasteiger partial charge is 0.257 e. The Morgan fingerprint density at radius 2 is 1.26 bits per heavy atom. The number of aromatic nitrogens is 2. The van der Waals surface area contributed by atoms with Gasteiger partial charge in [0.05, 0.1) is 5.69 Å². The third-order valence-electron chi connectivity index (χ3n) is 6.33. The number of nitrogens with one attached hydrogen (secondary N) is 2. The summed E-state index contributed by atoms with van der Waals surface area (Å²) < 4.78 is 1.60. The highest BCUT2D eigenvalue weighted by Crippen LogP contribution is 2.48. The van der Waals surface area contributed by atoms with Crippen LogP contribution in [0.25, 0.3) is 0 Å². The Balaban J connectivity index is 1.33. The van der Waals surface area contributed by atoms with Crippen LogP contribution in [0.4, 0.5) is 0 Å². The molecule has 0 saturated carbocycles. The molecule has 0 fully saturated rings. The van der Waals surface area contributed by atoms with Gasteiger partial charge in [-0.05, 0) is 53.0 Å². The van der Waals surface area contributed by atoms with E-state index in [4.69, 9.17) is 12.2 Å². The quantitative estimate of drug-likeness (QED) is 0.169. The van der Waals surface area contributed by atoms with Crippen LogP contribution in [0.5, 0.6) is 0 Å². The van der Waals surface area contributed by atoms with Crippen molar-refractivity contribution >= 4 is 35.2 Å². The zero-order chi connectivity index (χ0) is 26.9. The van der Waals surface area contributed by atoms with Crippen LogP contribution in [0.15, 0.2) is 134 Å². The lowest BCUT2D eigenvalue weighted by Crippen LogP contribution is -2.40. The van der Waals surface area contributed by atoms with E-state index in [-0.39, 0.29) is 5.91 Å². The van der Waals surface area contributed by atoms with Gasteiger partial charge in [-0.3, -0.25) is 14.1 Å². The molecule has 4 aromatic carbocycles. The van der Waals surface area contributed by atoms with Crippen LogP contribution in [0.1, 0.15) is 32.7 Å². The summed E-state index contributed by atoms with van der Waals surface area (Å²) >= 11 is 7.03. The van der Waals surface area contributed by atoms with Gasteiger partial charge in [0.2, 0.25) is 0 Å². The predicted octanol–water partition coefficient (Wildman–Crippen LogP) is 6.22. The highest BCUT2D eigenvalue weighted by Gasteiger charge is 2.38. The second-order valence-electron chi connectivity index (χ2n) is 8.92. The minimum Gasteiger partial charge on any atom is -0.362 e. The van der Waals surface area contributed by atoms with Gasteiger partial charge in [0, 0.05) is 24.7 Å². The van der Waals surface area contributed by atoms with Crippen molar-refractivity contribution in [3.8, 4) is 0 Å². The second-order valence-corrected chi connectivity index (χ2v) is 10.5. The molecule has 1 aromatic heterocycles. The number of amides is 1. The Labute approximate surface area is 238 Å². The van der Waals surface area contributed by atoms with Crippen LogP contribution in [0, 0.1) is 0 Å². The molecule has 5 aromatic rings. The van der Waals surface area contributed by atoms with E-state index in [1.165, 1.54) is 16.7 Å². The molecule has 0 aliphatic rings. The topological polar surface area (TPSA) is 59.0 Å². The molecule has 0 aliphatic heterocycles. The Hall–Kier alpha value is -4.20. The molecule has 0 radical (unpaired) electrons. The highest BCUT2D eigenvalue weighted by atomic mass is 32.2. The lowest BCUT2D eigenvalue weighted by atomic mass is 9.84. The maximum Gasteiger partial charge on any atom is 0.257 e. The van der Waals surface area contributed by atoms with Crippen LogP contribution < -0.4 is 10.6 Å². The van der Waals surface area contributed by atoms with E-state index in [1.807, 2.05) is 42.7 Å². The van der Waals surface area contributed by atoms with Gasteiger partial charge < -0.3 is 5.32 Å². The van der Waals surface area contributed by atoms with Crippen molar-refractivity contribution in [3.63, 3.8) is 0 Å². The summed E-state index contributed by atoms with van der Waals surface area (Å²) in [5.74, 6) is -0.229. The third-order valence-corrected chi connectivity index (χ3v) is 7.96. The number of benzene rings is 4. The van der Waals surface area contributed by atoms with Crippen LogP contribution >= 0.6 is 24.2 Å². The Bertz CT molecular complexity index is 1410. The largest absolute Gasteiger partial charge is 0.362 e. The van der Waals surface area contributed by atoms with Gasteiger partial charge in [-0.2, -0.15) is 0 Å². The van der Waals surface area contributed by atoms with E-state index in [0.29, 0.717) is 23.6 Å². The molecular formula is C32H28N4OS2. The fourth-order valence-corrected chi connectivity index (χ4v) is 5.98. The average molecular weight is 549 g/mol. The Kier molecular flexibility index (Phi) is 8.51. The van der Waals surface area contributed by atoms with Crippen molar-refractivity contribution < 1.29 is 4.79 Å². The number of carbonyl (C=O) groups excluding carboxylic acids is 1. The normalized spacial score (nSPS) is 11.1. The first-order valence-corrected chi connectivity index (χ1v) is 13.9. The molecule has 7 heteroatoms. The van der Waals surface area contributed by atoms with Gasteiger partial charge in [-0.25, -0.2) is 4.98 Å². The lowest BCUT2D eigenvalue weighted by molar-refractivity contribution is 0.0976. The summed E-state index contributed by atoms with van der Waals surface area (Å²) in [6, 6.07) is 40.7. The molecule has 0 unspecified atom stereocenters. The number of imidazole rings is 1. The van der Waals surface area contributed by atoms with E-state index < -0.39 is 4.75 Å². The summed E-state index contributed by atoms with van der Waals surface area (Å²) in [5.41, 5.74) is 5.04. The molecular weight excluding hydrogens is 521 g/mol. The number of nitrogens with zero attached hydrogens (tertiary/aromatic N) is 2. The van der Waals surface area contributed by atoms with Gasteiger partial charge >= 0.3 is 0 Å². The first kappa shape index (κ1) is 26.4. The monoisotopic (exact) mass is 548 g/mol. The maximum atomic E-state index is 12.3. The van der Waals surface area contributed by atoms with E-state index in [1.54, 1.807) is 24.1 Å². The standard InChI is InChI=1S/C32H28N4OS2/c37-30(25-13-5-1-6-14-25)35-31(38)33-22-21-29-23-36(24-34-29)39-32(26-15-7-2-8-16-26,27-17-9-3-10-18-27)28-19-11-4-12-20-28/h1-20,23-24H,21-22H2,(H2,33,35,37,38). The van der Waals surface area contributed by atoms with Gasteiger partial charge in [0.25, 0.3) is 5.91 Å². The third kappa shape index (κ3) is 6.28. The van der Waals surface area contributed by atoms with Crippen molar-refractivity contribution in [2.24, 2.45) is 0 Å². The predicted molar refractivity (Wildman–Crippen MR) is 163 cm³/mol. The fourth-order valence-electron chi connectivity index (χ4n) is 4.47. The molecule has 194 valence electrons. The molecule has 0 aliphatic carbocycles. The average Bonchev–Trinajstić information content (AvgIpc) is 3.44. The minimum absolute atomic E-state index is 0.229. The molecule has 5 rings (SSSR count). The molecule has 0 spiro atoms. The van der Waals surface area contributed by atoms with Crippen LogP contribution in [0.2, 0.25) is 0 Å². The van der Waals surface area contributed by atoms with E-state index in [2.05, 4.69) is 98.6 Å².